The van der Waals surface area contributed by atoms with Crippen molar-refractivity contribution >= 4 is 28.4 Å². The molecule has 0 saturated heterocycles. The number of carbonyl (C=O) groups is 1. The molecule has 3 rings (SSSR count). The van der Waals surface area contributed by atoms with Crippen molar-refractivity contribution in [1.29, 1.82) is 0 Å². The Labute approximate surface area is 105 Å². The Hall–Kier alpha value is -2.35. The van der Waals surface area contributed by atoms with Crippen molar-refractivity contribution in [2.24, 2.45) is 0 Å². The van der Waals surface area contributed by atoms with Gasteiger partial charge < -0.3 is 4.74 Å². The summed E-state index contributed by atoms with van der Waals surface area (Å²) < 4.78 is 4.74. The summed E-state index contributed by atoms with van der Waals surface area (Å²) in [5, 5.41) is 2.36. The zero-order chi connectivity index (χ0) is 12.7. The fraction of sp³-hybridized carbons (Fsp3) is 0.0625. The molecule has 1 aliphatic carbocycles. The van der Waals surface area contributed by atoms with Crippen LogP contribution in [0.5, 0.6) is 0 Å². The molecule has 0 aliphatic heterocycles. The third kappa shape index (κ3) is 1.39. The number of methoxy groups -OCH3 is 1. The second kappa shape index (κ2) is 3.84. The smallest absolute Gasteiger partial charge is 0.337 e. The van der Waals surface area contributed by atoms with E-state index in [4.69, 9.17) is 4.74 Å². The van der Waals surface area contributed by atoms with Crippen LogP contribution in [0, 0.1) is 0 Å². The highest BCUT2D eigenvalue weighted by Gasteiger charge is 2.21. The van der Waals surface area contributed by atoms with Crippen molar-refractivity contribution in [2.75, 3.05) is 7.11 Å². The molecule has 2 aromatic rings. The zero-order valence-corrected chi connectivity index (χ0v) is 10.1. The quantitative estimate of drug-likeness (QED) is 0.590. The Morgan fingerprint density at radius 2 is 1.89 bits per heavy atom. The van der Waals surface area contributed by atoms with Gasteiger partial charge in [-0.25, -0.2) is 4.79 Å². The van der Waals surface area contributed by atoms with E-state index >= 15 is 0 Å². The molecule has 0 amide bonds. The molecule has 88 valence electrons. The average molecular weight is 236 g/mol. The lowest BCUT2D eigenvalue weighted by atomic mass is 9.99. The minimum absolute atomic E-state index is 0.383. The van der Waals surface area contributed by atoms with Gasteiger partial charge in [-0.15, -0.1) is 0 Å². The number of rotatable bonds is 2. The lowest BCUT2D eigenvalue weighted by Gasteiger charge is -2.07. The number of ether oxygens (including phenoxy) is 1. The zero-order valence-electron chi connectivity index (χ0n) is 10.1. The van der Waals surface area contributed by atoms with Gasteiger partial charge in [-0.05, 0) is 33.5 Å². The van der Waals surface area contributed by atoms with E-state index in [0.29, 0.717) is 5.57 Å². The maximum atomic E-state index is 11.6. The van der Waals surface area contributed by atoms with Gasteiger partial charge in [-0.2, -0.15) is 0 Å². The van der Waals surface area contributed by atoms with Crippen LogP contribution in [0.4, 0.5) is 0 Å². The molecule has 0 N–H and O–H groups in total. The number of carbonyl (C=O) groups excluding carboxylic acids is 1. The number of esters is 1. The van der Waals surface area contributed by atoms with E-state index in [2.05, 4.69) is 18.7 Å². The topological polar surface area (TPSA) is 26.3 Å². The van der Waals surface area contributed by atoms with Gasteiger partial charge in [0.2, 0.25) is 0 Å². The fourth-order valence-electron chi connectivity index (χ4n) is 2.43. The van der Waals surface area contributed by atoms with Crippen molar-refractivity contribution in [2.45, 2.75) is 0 Å². The normalized spacial score (nSPS) is 12.4. The molecule has 0 heterocycles. The highest BCUT2D eigenvalue weighted by atomic mass is 16.5. The second-order valence-electron chi connectivity index (χ2n) is 4.28. The maximum Gasteiger partial charge on any atom is 0.337 e. The first-order valence-corrected chi connectivity index (χ1v) is 5.74. The highest BCUT2D eigenvalue weighted by molar-refractivity contribution is 6.19. The Kier molecular flexibility index (Phi) is 2.30. The summed E-state index contributed by atoms with van der Waals surface area (Å²) in [5.74, 6) is -0.383. The molecule has 2 aromatic carbocycles. The molecular weight excluding hydrogens is 224 g/mol. The maximum absolute atomic E-state index is 11.6. The summed E-state index contributed by atoms with van der Waals surface area (Å²) >= 11 is 0. The van der Waals surface area contributed by atoms with Crippen molar-refractivity contribution in [3.05, 3.63) is 59.7 Å². The molecule has 2 nitrogen and oxygen atoms in total. The van der Waals surface area contributed by atoms with Crippen LogP contribution >= 0.6 is 0 Å². The van der Waals surface area contributed by atoms with Gasteiger partial charge in [0.05, 0.1) is 12.7 Å². The molecule has 0 spiro atoms. The summed E-state index contributed by atoms with van der Waals surface area (Å²) in [7, 11) is 1.37. The lowest BCUT2D eigenvalue weighted by Crippen LogP contribution is -2.04. The molecule has 18 heavy (non-hydrogen) atoms. The van der Waals surface area contributed by atoms with Gasteiger partial charge in [0.15, 0.2) is 0 Å². The lowest BCUT2D eigenvalue weighted by molar-refractivity contribution is -0.135. The van der Waals surface area contributed by atoms with Crippen molar-refractivity contribution < 1.29 is 9.53 Å². The van der Waals surface area contributed by atoms with Gasteiger partial charge in [0.1, 0.15) is 0 Å². The first kappa shape index (κ1) is 10.8. The molecule has 0 atom stereocenters. The third-order valence-corrected chi connectivity index (χ3v) is 3.28. The summed E-state index contributed by atoms with van der Waals surface area (Å²) in [5.41, 5.74) is 3.44. The van der Waals surface area contributed by atoms with Crippen LogP contribution in [-0.4, -0.2) is 13.1 Å². The van der Waals surface area contributed by atoms with Crippen LogP contribution < -0.4 is 0 Å². The molecule has 1 aliphatic rings. The fourth-order valence-corrected chi connectivity index (χ4v) is 2.43. The van der Waals surface area contributed by atoms with E-state index in [1.54, 1.807) is 0 Å². The van der Waals surface area contributed by atoms with Gasteiger partial charge in [0.25, 0.3) is 0 Å². The molecule has 0 bridgehead atoms. The minimum atomic E-state index is -0.383. The predicted octanol–water partition coefficient (Wildman–Crippen LogP) is 3.42. The van der Waals surface area contributed by atoms with Crippen LogP contribution in [0.3, 0.4) is 0 Å². The van der Waals surface area contributed by atoms with Gasteiger partial charge in [-0.3, -0.25) is 0 Å². The molecule has 0 saturated carbocycles. The number of benzene rings is 2. The Morgan fingerprint density at radius 1 is 1.17 bits per heavy atom. The molecule has 0 fully saturated rings. The molecule has 0 aromatic heterocycles. The van der Waals surface area contributed by atoms with E-state index in [0.717, 1.165) is 16.7 Å². The highest BCUT2D eigenvalue weighted by Crippen LogP contribution is 2.39. The molecular formula is C16H12O2. The summed E-state index contributed by atoms with van der Waals surface area (Å²) in [6, 6.07) is 12.2. The van der Waals surface area contributed by atoms with Crippen LogP contribution in [0.1, 0.15) is 11.1 Å². The largest absolute Gasteiger partial charge is 0.465 e. The average Bonchev–Trinajstić information content (AvgIpc) is 2.79. The Bertz CT molecular complexity index is 703. The Balaban J connectivity index is 2.22. The second-order valence-corrected chi connectivity index (χ2v) is 4.28. The van der Waals surface area contributed by atoms with Crippen LogP contribution in [0.15, 0.2) is 48.6 Å². The predicted molar refractivity (Wildman–Crippen MR) is 73.0 cm³/mol. The summed E-state index contributed by atoms with van der Waals surface area (Å²) in [6.45, 7) is 3.83. The number of hydrogen-bond donors (Lipinski definition) is 0. The standard InChI is InChI=1S/C16H12O2/c1-10(16(17)18-2)14-9-12-7-3-5-11-6-4-8-13(14)15(11)12/h3-9H,1H2,2H3. The monoisotopic (exact) mass is 236 g/mol. The Morgan fingerprint density at radius 3 is 2.61 bits per heavy atom. The summed E-state index contributed by atoms with van der Waals surface area (Å²) in [4.78, 5) is 11.6. The molecule has 0 unspecified atom stereocenters. The van der Waals surface area contributed by atoms with Crippen LogP contribution in [0.25, 0.3) is 22.4 Å². The van der Waals surface area contributed by atoms with E-state index in [1.807, 2.05) is 30.3 Å². The first-order valence-electron chi connectivity index (χ1n) is 5.74. The van der Waals surface area contributed by atoms with Crippen LogP contribution in [0.2, 0.25) is 0 Å². The summed E-state index contributed by atoms with van der Waals surface area (Å²) in [6.07, 6.45) is 2.00. The van der Waals surface area contributed by atoms with Gasteiger partial charge >= 0.3 is 5.97 Å². The first-order chi connectivity index (χ1) is 8.72. The van der Waals surface area contributed by atoms with Gasteiger partial charge in [-0.1, -0.05) is 43.0 Å². The SMILES string of the molecule is C=C(C(=O)OC)C1=Cc2cccc3cccc1c23. The van der Waals surface area contributed by atoms with E-state index in [9.17, 15) is 4.79 Å². The van der Waals surface area contributed by atoms with Gasteiger partial charge in [0, 0.05) is 0 Å². The van der Waals surface area contributed by atoms with E-state index in [-0.39, 0.29) is 5.97 Å². The van der Waals surface area contributed by atoms with Crippen molar-refractivity contribution in [3.63, 3.8) is 0 Å². The van der Waals surface area contributed by atoms with Crippen LogP contribution in [-0.2, 0) is 9.53 Å². The van der Waals surface area contributed by atoms with Crippen molar-refractivity contribution in [1.82, 2.24) is 0 Å². The van der Waals surface area contributed by atoms with Crippen molar-refractivity contribution in [3.8, 4) is 0 Å². The van der Waals surface area contributed by atoms with E-state index < -0.39 is 0 Å². The molecule has 2 heteroatoms. The third-order valence-electron chi connectivity index (χ3n) is 3.28. The van der Waals surface area contributed by atoms with E-state index in [1.165, 1.54) is 17.9 Å². The molecule has 0 radical (unpaired) electrons. The number of hydrogen-bond acceptors (Lipinski definition) is 2. The minimum Gasteiger partial charge on any atom is -0.465 e.